The predicted octanol–water partition coefficient (Wildman–Crippen LogP) is 5.85. The Balaban J connectivity index is 1.45. The second-order valence-electron chi connectivity index (χ2n) is 6.00. The molecule has 0 spiro atoms. The van der Waals surface area contributed by atoms with Crippen molar-refractivity contribution >= 4 is 50.4 Å². The molecule has 8 heteroatoms. The van der Waals surface area contributed by atoms with E-state index in [9.17, 15) is 0 Å². The molecular weight excluding hydrogens is 400 g/mol. The molecule has 0 aliphatic rings. The van der Waals surface area contributed by atoms with Gasteiger partial charge in [-0.15, -0.1) is 21.5 Å². The summed E-state index contributed by atoms with van der Waals surface area (Å²) in [6.45, 7) is 1.92. The van der Waals surface area contributed by atoms with E-state index in [1.807, 2.05) is 31.2 Å². The van der Waals surface area contributed by atoms with Crippen molar-refractivity contribution in [1.29, 1.82) is 0 Å². The van der Waals surface area contributed by atoms with Gasteiger partial charge in [-0.2, -0.15) is 0 Å². The third-order valence-corrected chi connectivity index (χ3v) is 6.50. The summed E-state index contributed by atoms with van der Waals surface area (Å²) in [4.78, 5) is 4.64. The van der Waals surface area contributed by atoms with Crippen molar-refractivity contribution in [2.45, 2.75) is 17.7 Å². The molecule has 0 radical (unpaired) electrons. The number of halogens is 1. The van der Waals surface area contributed by atoms with Gasteiger partial charge in [-0.1, -0.05) is 35.5 Å². The Bertz CT molecular complexity index is 1270. The maximum Gasteiger partial charge on any atom is 0.228 e. The average molecular weight is 413 g/mol. The standard InChI is InChI=1S/C19H13ClN4OS2/c1-11-14(22-18(25-11)12-4-2-3-5-13(12)20)9-27-19-16-8-17-15(6-7-26-17)24(16)10-21-23-19/h2-8,10H,9H2,1H3. The highest BCUT2D eigenvalue weighted by atomic mass is 35.5. The van der Waals surface area contributed by atoms with Crippen molar-refractivity contribution in [3.05, 3.63) is 64.6 Å². The molecule has 0 bridgehead atoms. The molecule has 5 nitrogen and oxygen atoms in total. The monoisotopic (exact) mass is 412 g/mol. The van der Waals surface area contributed by atoms with Crippen LogP contribution in [0.3, 0.4) is 0 Å². The molecule has 0 saturated heterocycles. The Morgan fingerprint density at radius 2 is 2.11 bits per heavy atom. The van der Waals surface area contributed by atoms with Gasteiger partial charge in [0, 0.05) is 5.75 Å². The minimum absolute atomic E-state index is 0.543. The van der Waals surface area contributed by atoms with E-state index >= 15 is 0 Å². The summed E-state index contributed by atoms with van der Waals surface area (Å²) in [5.41, 5.74) is 3.90. The van der Waals surface area contributed by atoms with E-state index in [1.165, 1.54) is 4.70 Å². The lowest BCUT2D eigenvalue weighted by molar-refractivity contribution is 0.540. The lowest BCUT2D eigenvalue weighted by Crippen LogP contribution is -1.94. The summed E-state index contributed by atoms with van der Waals surface area (Å²) in [5, 5.41) is 12.1. The lowest BCUT2D eigenvalue weighted by Gasteiger charge is -2.01. The Hall–Kier alpha value is -2.35. The fourth-order valence-corrected chi connectivity index (χ4v) is 4.94. The molecule has 1 aromatic carbocycles. The van der Waals surface area contributed by atoms with Crippen LogP contribution in [0.1, 0.15) is 11.5 Å². The number of hydrogen-bond acceptors (Lipinski definition) is 6. The van der Waals surface area contributed by atoms with Gasteiger partial charge in [-0.3, -0.25) is 4.40 Å². The molecule has 0 unspecified atom stereocenters. The van der Waals surface area contributed by atoms with E-state index in [0.717, 1.165) is 33.1 Å². The largest absolute Gasteiger partial charge is 0.441 e. The highest BCUT2D eigenvalue weighted by molar-refractivity contribution is 7.98. The van der Waals surface area contributed by atoms with E-state index < -0.39 is 0 Å². The molecule has 0 aliphatic heterocycles. The summed E-state index contributed by atoms with van der Waals surface area (Å²) in [5.74, 6) is 1.97. The second kappa shape index (κ2) is 6.67. The van der Waals surface area contributed by atoms with E-state index in [0.29, 0.717) is 16.7 Å². The first kappa shape index (κ1) is 16.8. The number of aryl methyl sites for hydroxylation is 1. The van der Waals surface area contributed by atoms with Gasteiger partial charge in [0.05, 0.1) is 32.0 Å². The van der Waals surface area contributed by atoms with Gasteiger partial charge < -0.3 is 4.42 Å². The number of thioether (sulfide) groups is 1. The molecule has 0 amide bonds. The Morgan fingerprint density at radius 1 is 1.22 bits per heavy atom. The molecule has 5 rings (SSSR count). The van der Waals surface area contributed by atoms with Crippen LogP contribution in [-0.2, 0) is 5.75 Å². The third kappa shape index (κ3) is 2.92. The number of nitrogens with zero attached hydrogens (tertiary/aromatic N) is 4. The minimum Gasteiger partial charge on any atom is -0.441 e. The average Bonchev–Trinajstić information content (AvgIpc) is 3.35. The van der Waals surface area contributed by atoms with E-state index in [-0.39, 0.29) is 0 Å². The van der Waals surface area contributed by atoms with Gasteiger partial charge in [0.2, 0.25) is 5.89 Å². The van der Waals surface area contributed by atoms with Crippen LogP contribution in [0.4, 0.5) is 0 Å². The molecule has 5 aromatic rings. The summed E-state index contributed by atoms with van der Waals surface area (Å²) >= 11 is 9.58. The molecule has 0 N–H and O–H groups in total. The zero-order valence-corrected chi connectivity index (χ0v) is 16.6. The van der Waals surface area contributed by atoms with Gasteiger partial charge in [-0.25, -0.2) is 4.98 Å². The Labute approximate surface area is 168 Å². The minimum atomic E-state index is 0.543. The summed E-state index contributed by atoms with van der Waals surface area (Å²) in [6, 6.07) is 11.8. The number of benzene rings is 1. The summed E-state index contributed by atoms with van der Waals surface area (Å²) in [6.07, 6.45) is 1.76. The highest BCUT2D eigenvalue weighted by Crippen LogP contribution is 2.33. The van der Waals surface area contributed by atoms with Crippen LogP contribution in [0.2, 0.25) is 5.02 Å². The third-order valence-electron chi connectivity index (χ3n) is 4.34. The van der Waals surface area contributed by atoms with E-state index in [4.69, 9.17) is 16.0 Å². The molecule has 0 aliphatic carbocycles. The summed E-state index contributed by atoms with van der Waals surface area (Å²) < 4.78 is 9.15. The summed E-state index contributed by atoms with van der Waals surface area (Å²) in [7, 11) is 0. The van der Waals surface area contributed by atoms with Crippen LogP contribution in [0.15, 0.2) is 57.5 Å². The van der Waals surface area contributed by atoms with Crippen molar-refractivity contribution < 1.29 is 4.42 Å². The van der Waals surface area contributed by atoms with E-state index in [2.05, 4.69) is 37.1 Å². The van der Waals surface area contributed by atoms with Gasteiger partial charge >= 0.3 is 0 Å². The van der Waals surface area contributed by atoms with Gasteiger partial charge in [0.15, 0.2) is 0 Å². The van der Waals surface area contributed by atoms with Crippen LogP contribution >= 0.6 is 34.7 Å². The van der Waals surface area contributed by atoms with Crippen LogP contribution in [0.5, 0.6) is 0 Å². The number of thiophene rings is 1. The molecule has 0 fully saturated rings. The van der Waals surface area contributed by atoms with Crippen LogP contribution in [0, 0.1) is 6.92 Å². The molecule has 4 aromatic heterocycles. The maximum atomic E-state index is 6.26. The molecule has 0 saturated carbocycles. The Kier molecular flexibility index (Phi) is 4.15. The number of hydrogen-bond donors (Lipinski definition) is 0. The fourth-order valence-electron chi connectivity index (χ4n) is 2.97. The zero-order valence-electron chi connectivity index (χ0n) is 14.2. The van der Waals surface area contributed by atoms with Crippen LogP contribution in [-0.4, -0.2) is 19.6 Å². The quantitative estimate of drug-likeness (QED) is 0.346. The maximum absolute atomic E-state index is 6.26. The first-order valence-corrected chi connectivity index (χ1v) is 10.5. The van der Waals surface area contributed by atoms with Crippen LogP contribution < -0.4 is 0 Å². The van der Waals surface area contributed by atoms with Crippen molar-refractivity contribution in [2.75, 3.05) is 0 Å². The number of fused-ring (bicyclic) bond motifs is 3. The SMILES string of the molecule is Cc1oc(-c2ccccc2Cl)nc1CSc1nncn2c1cc1sccc12. The molecule has 134 valence electrons. The van der Waals surface area contributed by atoms with E-state index in [1.54, 1.807) is 29.4 Å². The predicted molar refractivity (Wildman–Crippen MR) is 110 cm³/mol. The number of aromatic nitrogens is 4. The normalized spacial score (nSPS) is 11.6. The first-order valence-electron chi connectivity index (χ1n) is 8.24. The van der Waals surface area contributed by atoms with Crippen LogP contribution in [0.25, 0.3) is 27.2 Å². The fraction of sp³-hybridized carbons (Fsp3) is 0.105. The Morgan fingerprint density at radius 3 is 3.00 bits per heavy atom. The smallest absolute Gasteiger partial charge is 0.228 e. The lowest BCUT2D eigenvalue weighted by atomic mass is 10.2. The van der Waals surface area contributed by atoms with Gasteiger partial charge in [0.25, 0.3) is 0 Å². The van der Waals surface area contributed by atoms with Gasteiger partial charge in [0.1, 0.15) is 17.1 Å². The highest BCUT2D eigenvalue weighted by Gasteiger charge is 2.16. The molecule has 27 heavy (non-hydrogen) atoms. The van der Waals surface area contributed by atoms with Gasteiger partial charge in [-0.05, 0) is 36.6 Å². The first-order chi connectivity index (χ1) is 13.2. The topological polar surface area (TPSA) is 56.2 Å². The molecule has 4 heterocycles. The van der Waals surface area contributed by atoms with Crippen molar-refractivity contribution in [3.8, 4) is 11.5 Å². The molecule has 0 atom stereocenters. The number of rotatable bonds is 4. The zero-order chi connectivity index (χ0) is 18.4. The second-order valence-corrected chi connectivity index (χ2v) is 8.32. The molecular formula is C19H13ClN4OS2. The van der Waals surface area contributed by atoms with Crippen molar-refractivity contribution in [1.82, 2.24) is 19.6 Å². The van der Waals surface area contributed by atoms with Crippen molar-refractivity contribution in [2.24, 2.45) is 0 Å². The number of oxazole rings is 1. The van der Waals surface area contributed by atoms with Crippen molar-refractivity contribution in [3.63, 3.8) is 0 Å².